The van der Waals surface area contributed by atoms with Crippen molar-refractivity contribution in [2.75, 3.05) is 6.54 Å². The van der Waals surface area contributed by atoms with Crippen LogP contribution in [-0.4, -0.2) is 29.3 Å². The molecule has 1 unspecified atom stereocenters. The molecule has 2 amide bonds. The third kappa shape index (κ3) is 1.66. The van der Waals surface area contributed by atoms with E-state index in [0.717, 1.165) is 12.0 Å². The van der Waals surface area contributed by atoms with E-state index in [1.54, 1.807) is 13.0 Å². The molecule has 4 nitrogen and oxygen atoms in total. The monoisotopic (exact) mass is 218 g/mol. The van der Waals surface area contributed by atoms with Crippen molar-refractivity contribution in [2.45, 2.75) is 19.4 Å². The van der Waals surface area contributed by atoms with Gasteiger partial charge in [-0.2, -0.15) is 0 Å². The Kier molecular flexibility index (Phi) is 2.64. The highest BCUT2D eigenvalue weighted by molar-refractivity contribution is 5.99. The van der Waals surface area contributed by atoms with Gasteiger partial charge in [0.2, 0.25) is 5.91 Å². The average molecular weight is 218 g/mol. The zero-order valence-electron chi connectivity index (χ0n) is 9.14. The largest absolute Gasteiger partial charge is 0.368 e. The van der Waals surface area contributed by atoms with Crippen molar-refractivity contribution in [1.29, 1.82) is 0 Å². The van der Waals surface area contributed by atoms with Crippen LogP contribution < -0.4 is 5.73 Å². The molecule has 0 aromatic heterocycles. The number of amides is 2. The summed E-state index contributed by atoms with van der Waals surface area (Å²) in [7, 11) is 0. The first-order chi connectivity index (χ1) is 7.61. The fourth-order valence-corrected chi connectivity index (χ4v) is 1.97. The number of benzene rings is 1. The van der Waals surface area contributed by atoms with Crippen LogP contribution in [0.2, 0.25) is 0 Å². The van der Waals surface area contributed by atoms with Gasteiger partial charge in [0.1, 0.15) is 6.04 Å². The van der Waals surface area contributed by atoms with Crippen LogP contribution in [0, 0.1) is 0 Å². The molecule has 84 valence electrons. The smallest absolute Gasteiger partial charge is 0.254 e. The van der Waals surface area contributed by atoms with E-state index in [0.29, 0.717) is 12.1 Å². The van der Waals surface area contributed by atoms with E-state index in [9.17, 15) is 9.59 Å². The maximum absolute atomic E-state index is 12.1. The average Bonchev–Trinajstić information content (AvgIpc) is 2.29. The first-order valence-corrected chi connectivity index (χ1v) is 5.29. The van der Waals surface area contributed by atoms with Gasteiger partial charge >= 0.3 is 0 Å². The van der Waals surface area contributed by atoms with Crippen molar-refractivity contribution in [3.8, 4) is 0 Å². The van der Waals surface area contributed by atoms with E-state index in [4.69, 9.17) is 5.73 Å². The number of rotatable bonds is 2. The second-order valence-corrected chi connectivity index (χ2v) is 3.98. The highest BCUT2D eigenvalue weighted by atomic mass is 16.2. The predicted molar refractivity (Wildman–Crippen MR) is 59.8 cm³/mol. The number of carbonyl (C=O) groups excluding carboxylic acids is 2. The minimum Gasteiger partial charge on any atom is -0.368 e. The lowest BCUT2D eigenvalue weighted by Crippen LogP contribution is -2.49. The van der Waals surface area contributed by atoms with Gasteiger partial charge in [0.15, 0.2) is 0 Å². The summed E-state index contributed by atoms with van der Waals surface area (Å²) in [5, 5.41) is 0. The Morgan fingerprint density at radius 3 is 2.81 bits per heavy atom. The summed E-state index contributed by atoms with van der Waals surface area (Å²) in [5.74, 6) is -0.569. The van der Waals surface area contributed by atoms with Gasteiger partial charge in [-0.3, -0.25) is 9.59 Å². The van der Waals surface area contributed by atoms with Crippen molar-refractivity contribution in [1.82, 2.24) is 4.90 Å². The van der Waals surface area contributed by atoms with Gasteiger partial charge in [-0.1, -0.05) is 18.2 Å². The molecule has 0 spiro atoms. The Morgan fingerprint density at radius 1 is 1.44 bits per heavy atom. The van der Waals surface area contributed by atoms with Gasteiger partial charge in [0, 0.05) is 12.1 Å². The van der Waals surface area contributed by atoms with E-state index < -0.39 is 11.9 Å². The van der Waals surface area contributed by atoms with Gasteiger partial charge in [-0.25, -0.2) is 0 Å². The highest BCUT2D eigenvalue weighted by Crippen LogP contribution is 2.20. The molecular formula is C12H14N2O2. The lowest BCUT2D eigenvalue weighted by molar-refractivity contribution is -0.122. The van der Waals surface area contributed by atoms with Crippen LogP contribution in [0.1, 0.15) is 22.8 Å². The van der Waals surface area contributed by atoms with Crippen LogP contribution in [-0.2, 0) is 11.2 Å². The number of carbonyl (C=O) groups is 2. The van der Waals surface area contributed by atoms with Gasteiger partial charge in [-0.15, -0.1) is 0 Å². The Labute approximate surface area is 94.0 Å². The van der Waals surface area contributed by atoms with Crippen molar-refractivity contribution in [2.24, 2.45) is 5.73 Å². The normalized spacial score (nSPS) is 16.8. The first-order valence-electron chi connectivity index (χ1n) is 5.29. The number of fused-ring (bicyclic) bond motifs is 1. The van der Waals surface area contributed by atoms with Crippen LogP contribution in [0.4, 0.5) is 0 Å². The molecule has 16 heavy (non-hydrogen) atoms. The molecular weight excluding hydrogens is 204 g/mol. The Balaban J connectivity index is 2.31. The van der Waals surface area contributed by atoms with Gasteiger partial charge in [-0.05, 0) is 25.0 Å². The molecule has 0 fully saturated rings. The second-order valence-electron chi connectivity index (χ2n) is 3.98. The van der Waals surface area contributed by atoms with Crippen LogP contribution in [0.3, 0.4) is 0 Å². The van der Waals surface area contributed by atoms with E-state index in [1.807, 2.05) is 18.2 Å². The third-order valence-corrected chi connectivity index (χ3v) is 3.01. The molecule has 1 aliphatic heterocycles. The zero-order valence-corrected chi connectivity index (χ0v) is 9.14. The lowest BCUT2D eigenvalue weighted by Gasteiger charge is -2.31. The molecule has 1 aliphatic rings. The van der Waals surface area contributed by atoms with Crippen molar-refractivity contribution in [3.05, 3.63) is 35.4 Å². The molecule has 0 radical (unpaired) electrons. The Bertz CT molecular complexity index is 442. The maximum Gasteiger partial charge on any atom is 0.254 e. The molecule has 1 aromatic rings. The molecule has 1 atom stereocenters. The summed E-state index contributed by atoms with van der Waals surface area (Å²) in [5.41, 5.74) is 6.94. The fraction of sp³-hybridized carbons (Fsp3) is 0.333. The SMILES string of the molecule is CC(C(N)=O)N1CCc2ccccc2C1=O. The summed E-state index contributed by atoms with van der Waals surface area (Å²) in [6.45, 7) is 2.22. The number of nitrogens with two attached hydrogens (primary N) is 1. The van der Waals surface area contributed by atoms with Crippen molar-refractivity contribution < 1.29 is 9.59 Å². The maximum atomic E-state index is 12.1. The predicted octanol–water partition coefficient (Wildman–Crippen LogP) is 0.559. The Morgan fingerprint density at radius 2 is 2.12 bits per heavy atom. The minimum atomic E-state index is -0.541. The summed E-state index contributed by atoms with van der Waals surface area (Å²) in [4.78, 5) is 24.7. The van der Waals surface area contributed by atoms with E-state index in [-0.39, 0.29) is 5.91 Å². The highest BCUT2D eigenvalue weighted by Gasteiger charge is 2.29. The van der Waals surface area contributed by atoms with E-state index in [1.165, 1.54) is 4.90 Å². The van der Waals surface area contributed by atoms with Crippen LogP contribution >= 0.6 is 0 Å². The minimum absolute atomic E-state index is 0.104. The lowest BCUT2D eigenvalue weighted by atomic mass is 9.98. The molecule has 0 saturated heterocycles. The fourth-order valence-electron chi connectivity index (χ4n) is 1.97. The molecule has 1 heterocycles. The summed E-state index contributed by atoms with van der Waals surface area (Å²) < 4.78 is 0. The topological polar surface area (TPSA) is 63.4 Å². The van der Waals surface area contributed by atoms with Crippen LogP contribution in [0.15, 0.2) is 24.3 Å². The molecule has 4 heteroatoms. The number of primary amides is 1. The molecule has 1 aromatic carbocycles. The quantitative estimate of drug-likeness (QED) is 0.788. The van der Waals surface area contributed by atoms with Gasteiger partial charge in [0.05, 0.1) is 0 Å². The zero-order chi connectivity index (χ0) is 11.7. The molecule has 0 bridgehead atoms. The standard InChI is InChI=1S/C12H14N2O2/c1-8(11(13)15)14-7-6-9-4-2-3-5-10(9)12(14)16/h2-5,8H,6-7H2,1H3,(H2,13,15). The number of nitrogens with zero attached hydrogens (tertiary/aromatic N) is 1. The number of hydrogen-bond donors (Lipinski definition) is 1. The summed E-state index contributed by atoms with van der Waals surface area (Å²) in [6.07, 6.45) is 0.777. The number of hydrogen-bond acceptors (Lipinski definition) is 2. The van der Waals surface area contributed by atoms with Crippen LogP contribution in [0.5, 0.6) is 0 Å². The van der Waals surface area contributed by atoms with Crippen molar-refractivity contribution >= 4 is 11.8 Å². The Hall–Kier alpha value is -1.84. The van der Waals surface area contributed by atoms with Crippen LogP contribution in [0.25, 0.3) is 0 Å². The van der Waals surface area contributed by atoms with Crippen molar-refractivity contribution in [3.63, 3.8) is 0 Å². The van der Waals surface area contributed by atoms with Gasteiger partial charge in [0.25, 0.3) is 5.91 Å². The summed E-state index contributed by atoms with van der Waals surface area (Å²) >= 11 is 0. The molecule has 2 rings (SSSR count). The van der Waals surface area contributed by atoms with E-state index >= 15 is 0 Å². The van der Waals surface area contributed by atoms with E-state index in [2.05, 4.69) is 0 Å². The summed E-state index contributed by atoms with van der Waals surface area (Å²) in [6, 6.07) is 6.94. The molecule has 0 saturated carbocycles. The molecule has 0 aliphatic carbocycles. The molecule has 2 N–H and O–H groups in total. The van der Waals surface area contributed by atoms with Gasteiger partial charge < -0.3 is 10.6 Å². The second kappa shape index (κ2) is 3.96. The first kappa shape index (κ1) is 10.7. The third-order valence-electron chi connectivity index (χ3n) is 3.01.